The highest BCUT2D eigenvalue weighted by Crippen LogP contribution is 2.33. The number of ketones is 1. The number of carbonyl (C=O) groups excluding carboxylic acids is 2. The second-order valence-corrected chi connectivity index (χ2v) is 5.89. The Bertz CT molecular complexity index is 797. The van der Waals surface area contributed by atoms with Crippen LogP contribution in [0, 0.1) is 13.8 Å². The van der Waals surface area contributed by atoms with E-state index in [4.69, 9.17) is 27.9 Å². The van der Waals surface area contributed by atoms with Gasteiger partial charge in [0.25, 0.3) is 0 Å². The second-order valence-electron chi connectivity index (χ2n) is 5.14. The zero-order chi connectivity index (χ0) is 17.3. The van der Waals surface area contributed by atoms with Gasteiger partial charge < -0.3 is 4.74 Å². The molecule has 0 aliphatic heterocycles. The van der Waals surface area contributed by atoms with Crippen molar-refractivity contribution in [3.8, 4) is 5.88 Å². The smallest absolute Gasteiger partial charge is 0.312 e. The first-order valence-corrected chi connectivity index (χ1v) is 7.76. The Kier molecular flexibility index (Phi) is 5.12. The van der Waals surface area contributed by atoms with Gasteiger partial charge in [-0.2, -0.15) is 5.10 Å². The number of aryl methyl sites for hydroxylation is 2. The third-order valence-corrected chi connectivity index (χ3v) is 4.54. The van der Waals surface area contributed by atoms with Gasteiger partial charge in [-0.15, -0.1) is 0 Å². The van der Waals surface area contributed by atoms with Crippen LogP contribution < -0.4 is 4.74 Å². The molecule has 0 unspecified atom stereocenters. The summed E-state index contributed by atoms with van der Waals surface area (Å²) in [5.41, 5.74) is 1.85. The minimum absolute atomic E-state index is 0.100. The largest absolute Gasteiger partial charge is 0.407 e. The van der Waals surface area contributed by atoms with Crippen molar-refractivity contribution in [2.45, 2.75) is 27.2 Å². The van der Waals surface area contributed by atoms with E-state index in [1.807, 2.05) is 0 Å². The van der Waals surface area contributed by atoms with Gasteiger partial charge >= 0.3 is 5.97 Å². The van der Waals surface area contributed by atoms with Crippen molar-refractivity contribution in [3.05, 3.63) is 44.6 Å². The predicted octanol–water partition coefficient (Wildman–Crippen LogP) is 3.89. The number of nitrogens with zero attached hydrogens (tertiary/aromatic N) is 2. The van der Waals surface area contributed by atoms with Gasteiger partial charge in [0.15, 0.2) is 0 Å². The zero-order valence-corrected chi connectivity index (χ0v) is 14.7. The van der Waals surface area contributed by atoms with Gasteiger partial charge in [0.2, 0.25) is 11.7 Å². The Morgan fingerprint density at radius 2 is 1.87 bits per heavy atom. The Morgan fingerprint density at radius 3 is 2.48 bits per heavy atom. The molecule has 2 rings (SSSR count). The number of hydrogen-bond donors (Lipinski definition) is 0. The summed E-state index contributed by atoms with van der Waals surface area (Å²) in [6.07, 6.45) is 1.55. The first kappa shape index (κ1) is 17.5. The van der Waals surface area contributed by atoms with E-state index in [-0.39, 0.29) is 28.7 Å². The average Bonchev–Trinajstić information content (AvgIpc) is 2.89. The Morgan fingerprint density at radius 1 is 1.22 bits per heavy atom. The highest BCUT2D eigenvalue weighted by atomic mass is 35.5. The Hall–Kier alpha value is -1.85. The topological polar surface area (TPSA) is 61.2 Å². The normalized spacial score (nSPS) is 10.7. The molecule has 7 heteroatoms. The number of ether oxygens (including phenoxy) is 1. The van der Waals surface area contributed by atoms with Gasteiger partial charge in [0.1, 0.15) is 5.56 Å². The number of hydrogen-bond acceptors (Lipinski definition) is 4. The molecule has 0 aliphatic carbocycles. The van der Waals surface area contributed by atoms with Gasteiger partial charge in [-0.25, -0.2) is 4.68 Å². The summed E-state index contributed by atoms with van der Waals surface area (Å²) in [5, 5.41) is 4.80. The molecule has 5 nitrogen and oxygen atoms in total. The molecular weight excluding hydrogens is 339 g/mol. The molecule has 1 heterocycles. The monoisotopic (exact) mass is 354 g/mol. The van der Waals surface area contributed by atoms with Crippen LogP contribution in [0.15, 0.2) is 12.3 Å². The standard InChI is InChI=1S/C16H16Cl2N2O3/c1-5-12(21)23-16-11(7-19-20(16)4)15(22)10-6-8(2)13(17)9(3)14(10)18/h6-7H,5H2,1-4H3. The lowest BCUT2D eigenvalue weighted by Crippen LogP contribution is -2.12. The van der Waals surface area contributed by atoms with Gasteiger partial charge in [0, 0.05) is 24.1 Å². The van der Waals surface area contributed by atoms with Gasteiger partial charge in [0.05, 0.1) is 11.2 Å². The highest BCUT2D eigenvalue weighted by molar-refractivity contribution is 6.39. The van der Waals surface area contributed by atoms with Crippen LogP contribution in [-0.4, -0.2) is 21.5 Å². The first-order valence-electron chi connectivity index (χ1n) is 7.00. The maximum absolute atomic E-state index is 12.8. The Balaban J connectivity index is 2.53. The van der Waals surface area contributed by atoms with Crippen LogP contribution in [-0.2, 0) is 11.8 Å². The van der Waals surface area contributed by atoms with Gasteiger partial charge in [-0.1, -0.05) is 30.1 Å². The molecule has 1 aromatic heterocycles. The van der Waals surface area contributed by atoms with Crippen molar-refractivity contribution in [2.24, 2.45) is 7.05 Å². The summed E-state index contributed by atoms with van der Waals surface area (Å²) >= 11 is 12.4. The van der Waals surface area contributed by atoms with E-state index in [0.717, 1.165) is 5.56 Å². The van der Waals surface area contributed by atoms with E-state index in [9.17, 15) is 9.59 Å². The van der Waals surface area contributed by atoms with Crippen LogP contribution in [0.2, 0.25) is 10.0 Å². The SMILES string of the molecule is CCC(=O)Oc1c(C(=O)c2cc(C)c(Cl)c(C)c2Cl)cnn1C. The molecule has 2 aromatic rings. The summed E-state index contributed by atoms with van der Waals surface area (Å²) in [6, 6.07) is 1.62. The third kappa shape index (κ3) is 3.26. The first-order chi connectivity index (χ1) is 10.8. The summed E-state index contributed by atoms with van der Waals surface area (Å²) in [4.78, 5) is 24.4. The van der Waals surface area contributed by atoms with Crippen molar-refractivity contribution in [2.75, 3.05) is 0 Å². The van der Waals surface area contributed by atoms with E-state index in [0.29, 0.717) is 16.1 Å². The number of benzene rings is 1. The van der Waals surface area contributed by atoms with E-state index < -0.39 is 5.97 Å². The molecule has 23 heavy (non-hydrogen) atoms. The maximum Gasteiger partial charge on any atom is 0.312 e. The number of halogens is 2. The maximum atomic E-state index is 12.8. The van der Waals surface area contributed by atoms with Crippen LogP contribution >= 0.6 is 23.2 Å². The molecule has 0 N–H and O–H groups in total. The molecule has 0 radical (unpaired) electrons. The van der Waals surface area contributed by atoms with Gasteiger partial charge in [-0.3, -0.25) is 9.59 Å². The number of rotatable bonds is 4. The molecule has 0 bridgehead atoms. The third-order valence-electron chi connectivity index (χ3n) is 3.47. The molecule has 0 aliphatic rings. The highest BCUT2D eigenvalue weighted by Gasteiger charge is 2.24. The van der Waals surface area contributed by atoms with Crippen molar-refractivity contribution >= 4 is 35.0 Å². The van der Waals surface area contributed by atoms with Gasteiger partial charge in [-0.05, 0) is 31.0 Å². The second kappa shape index (κ2) is 6.72. The summed E-state index contributed by atoms with van der Waals surface area (Å²) in [5.74, 6) is -0.717. The number of carbonyl (C=O) groups is 2. The molecule has 1 aromatic carbocycles. The number of esters is 1. The molecule has 0 saturated heterocycles. The summed E-state index contributed by atoms with van der Waals surface area (Å²) < 4.78 is 6.54. The molecule has 0 saturated carbocycles. The van der Waals surface area contributed by atoms with Crippen LogP contribution in [0.5, 0.6) is 5.88 Å². The Labute approximate surface area is 144 Å². The van der Waals surface area contributed by atoms with Crippen molar-refractivity contribution in [1.82, 2.24) is 9.78 Å². The lowest BCUT2D eigenvalue weighted by Gasteiger charge is -2.11. The molecule has 0 atom stereocenters. The lowest BCUT2D eigenvalue weighted by atomic mass is 10.0. The minimum atomic E-state index is -0.447. The number of aromatic nitrogens is 2. The van der Waals surface area contributed by atoms with Crippen LogP contribution in [0.25, 0.3) is 0 Å². The van der Waals surface area contributed by atoms with Crippen molar-refractivity contribution < 1.29 is 14.3 Å². The zero-order valence-electron chi connectivity index (χ0n) is 13.2. The molecule has 0 spiro atoms. The van der Waals surface area contributed by atoms with Crippen LogP contribution in [0.3, 0.4) is 0 Å². The average molecular weight is 355 g/mol. The molecule has 0 fully saturated rings. The van der Waals surface area contributed by atoms with Crippen LogP contribution in [0.1, 0.15) is 40.4 Å². The van der Waals surface area contributed by atoms with Crippen LogP contribution in [0.4, 0.5) is 0 Å². The fourth-order valence-corrected chi connectivity index (χ4v) is 2.56. The van der Waals surface area contributed by atoms with E-state index in [1.165, 1.54) is 10.9 Å². The van der Waals surface area contributed by atoms with E-state index in [2.05, 4.69) is 5.10 Å². The summed E-state index contributed by atoms with van der Waals surface area (Å²) in [7, 11) is 1.59. The molecular formula is C16H16Cl2N2O3. The lowest BCUT2D eigenvalue weighted by molar-refractivity contribution is -0.134. The minimum Gasteiger partial charge on any atom is -0.407 e. The fraction of sp³-hybridized carbons (Fsp3) is 0.312. The fourth-order valence-electron chi connectivity index (χ4n) is 2.13. The van der Waals surface area contributed by atoms with Crippen molar-refractivity contribution in [3.63, 3.8) is 0 Å². The quantitative estimate of drug-likeness (QED) is 0.617. The summed E-state index contributed by atoms with van der Waals surface area (Å²) in [6.45, 7) is 5.21. The van der Waals surface area contributed by atoms with Crippen molar-refractivity contribution in [1.29, 1.82) is 0 Å². The van der Waals surface area contributed by atoms with E-state index in [1.54, 1.807) is 33.9 Å². The molecule has 0 amide bonds. The predicted molar refractivity (Wildman–Crippen MR) is 88.5 cm³/mol. The van der Waals surface area contributed by atoms with E-state index >= 15 is 0 Å². The molecule has 122 valence electrons.